The van der Waals surface area contributed by atoms with E-state index in [9.17, 15) is 14.4 Å². The van der Waals surface area contributed by atoms with Gasteiger partial charge in [0.15, 0.2) is 12.3 Å². The van der Waals surface area contributed by atoms with Crippen LogP contribution in [0.15, 0.2) is 24.5 Å². The van der Waals surface area contributed by atoms with Gasteiger partial charge in [0.2, 0.25) is 0 Å². The molecule has 0 bridgehead atoms. The van der Waals surface area contributed by atoms with Crippen molar-refractivity contribution in [3.8, 4) is 0 Å². The third-order valence-electron chi connectivity index (χ3n) is 4.37. The van der Waals surface area contributed by atoms with Gasteiger partial charge in [0.1, 0.15) is 5.00 Å². The zero-order valence-electron chi connectivity index (χ0n) is 17.8. The molecule has 10 heteroatoms. The molecular weight excluding hydrogens is 420 g/mol. The molecule has 3 aromatic heterocycles. The number of nitrogens with zero attached hydrogens (tertiary/aromatic N) is 3. The minimum absolute atomic E-state index is 0.136. The van der Waals surface area contributed by atoms with Crippen LogP contribution in [0, 0.1) is 0 Å². The van der Waals surface area contributed by atoms with Crippen molar-refractivity contribution >= 4 is 45.2 Å². The molecule has 3 rings (SSSR count). The van der Waals surface area contributed by atoms with E-state index >= 15 is 0 Å². The van der Waals surface area contributed by atoms with Crippen LogP contribution >= 0.6 is 11.3 Å². The normalized spacial score (nSPS) is 11.0. The average molecular weight is 445 g/mol. The number of ether oxygens (including phenoxy) is 2. The van der Waals surface area contributed by atoms with Crippen LogP contribution in [0.3, 0.4) is 0 Å². The lowest BCUT2D eigenvalue weighted by molar-refractivity contribution is -0.119. The largest absolute Gasteiger partial charge is 0.462 e. The van der Waals surface area contributed by atoms with E-state index in [0.717, 1.165) is 4.88 Å². The summed E-state index contributed by atoms with van der Waals surface area (Å²) in [7, 11) is 0. The van der Waals surface area contributed by atoms with E-state index in [1.165, 1.54) is 17.5 Å². The Morgan fingerprint density at radius 1 is 1.13 bits per heavy atom. The third-order valence-corrected chi connectivity index (χ3v) is 5.57. The minimum Gasteiger partial charge on any atom is -0.462 e. The van der Waals surface area contributed by atoms with Gasteiger partial charge in [-0.15, -0.1) is 11.3 Å². The van der Waals surface area contributed by atoms with Gasteiger partial charge >= 0.3 is 11.9 Å². The molecule has 3 aromatic rings. The summed E-state index contributed by atoms with van der Waals surface area (Å²) in [5.41, 5.74) is 1.18. The topological polar surface area (TPSA) is 112 Å². The van der Waals surface area contributed by atoms with Gasteiger partial charge in [0.25, 0.3) is 5.91 Å². The molecule has 0 aromatic carbocycles. The fraction of sp³-hybridized carbons (Fsp3) is 0.381. The molecule has 1 N–H and O–H groups in total. The second-order valence-corrected chi connectivity index (χ2v) is 8.11. The number of pyridine rings is 1. The molecule has 3 heterocycles. The van der Waals surface area contributed by atoms with E-state index < -0.39 is 24.5 Å². The Morgan fingerprint density at radius 2 is 1.90 bits per heavy atom. The highest BCUT2D eigenvalue weighted by Crippen LogP contribution is 2.29. The first-order valence-corrected chi connectivity index (χ1v) is 10.8. The predicted molar refractivity (Wildman–Crippen MR) is 116 cm³/mol. The van der Waals surface area contributed by atoms with Crippen LogP contribution in [0.25, 0.3) is 11.0 Å². The zero-order chi connectivity index (χ0) is 22.5. The molecule has 31 heavy (non-hydrogen) atoms. The number of amides is 1. The van der Waals surface area contributed by atoms with E-state index in [1.807, 2.05) is 20.8 Å². The molecule has 0 fully saturated rings. The van der Waals surface area contributed by atoms with Crippen molar-refractivity contribution in [1.82, 2.24) is 14.8 Å². The first-order valence-electron chi connectivity index (χ1n) is 9.94. The lowest BCUT2D eigenvalue weighted by atomic mass is 10.2. The van der Waals surface area contributed by atoms with Gasteiger partial charge in [-0.05, 0) is 39.3 Å². The summed E-state index contributed by atoms with van der Waals surface area (Å²) in [6.07, 6.45) is 3.74. The lowest BCUT2D eigenvalue weighted by Gasteiger charge is -2.08. The first kappa shape index (κ1) is 22.4. The van der Waals surface area contributed by atoms with Gasteiger partial charge in [-0.1, -0.05) is 6.92 Å². The molecule has 0 atom stereocenters. The number of anilines is 1. The van der Waals surface area contributed by atoms with Crippen molar-refractivity contribution in [2.45, 2.75) is 40.2 Å². The Bertz CT molecular complexity index is 1120. The van der Waals surface area contributed by atoms with E-state index in [2.05, 4.69) is 15.4 Å². The van der Waals surface area contributed by atoms with Gasteiger partial charge in [0.05, 0.1) is 23.9 Å². The standard InChI is InChI=1S/C21H24N4O5S/c1-5-15-8-16(21(28)29-6-2)19(31-15)24-17(26)11-30-20(27)14-7-13-10-23-25(12(3)4)18(13)22-9-14/h7-10,12H,5-6,11H2,1-4H3,(H,24,26). The number of rotatable bonds is 8. The third kappa shape index (κ3) is 5.08. The molecule has 0 unspecified atom stereocenters. The molecule has 0 aliphatic rings. The molecule has 1 amide bonds. The molecule has 0 aliphatic carbocycles. The second-order valence-electron chi connectivity index (χ2n) is 6.97. The molecule has 0 aliphatic heterocycles. The van der Waals surface area contributed by atoms with E-state index in [1.54, 1.807) is 29.9 Å². The number of aromatic nitrogens is 3. The second kappa shape index (κ2) is 9.69. The van der Waals surface area contributed by atoms with Crippen molar-refractivity contribution in [2.24, 2.45) is 0 Å². The Hall–Kier alpha value is -3.27. The number of nitrogens with one attached hydrogen (secondary N) is 1. The Kier molecular flexibility index (Phi) is 7.01. The molecule has 0 saturated carbocycles. The van der Waals surface area contributed by atoms with Crippen LogP contribution in [-0.2, 0) is 20.7 Å². The molecule has 0 spiro atoms. The maximum atomic E-state index is 12.4. The van der Waals surface area contributed by atoms with Crippen LogP contribution in [0.2, 0.25) is 0 Å². The van der Waals surface area contributed by atoms with Gasteiger partial charge in [-0.2, -0.15) is 5.10 Å². The predicted octanol–water partition coefficient (Wildman–Crippen LogP) is 3.61. The summed E-state index contributed by atoms with van der Waals surface area (Å²) >= 11 is 1.29. The van der Waals surface area contributed by atoms with Gasteiger partial charge < -0.3 is 14.8 Å². The van der Waals surface area contributed by atoms with E-state index in [4.69, 9.17) is 9.47 Å². The Labute approximate surface area is 183 Å². The Balaban J connectivity index is 1.64. The maximum Gasteiger partial charge on any atom is 0.341 e. The molecule has 9 nitrogen and oxygen atoms in total. The minimum atomic E-state index is -0.673. The fourth-order valence-corrected chi connectivity index (χ4v) is 3.88. The lowest BCUT2D eigenvalue weighted by Crippen LogP contribution is -2.21. The molecule has 164 valence electrons. The van der Waals surface area contributed by atoms with Crippen molar-refractivity contribution in [2.75, 3.05) is 18.5 Å². The monoisotopic (exact) mass is 444 g/mol. The highest BCUT2D eigenvalue weighted by atomic mass is 32.1. The summed E-state index contributed by atoms with van der Waals surface area (Å²) in [4.78, 5) is 42.0. The van der Waals surface area contributed by atoms with Crippen LogP contribution in [0.1, 0.15) is 59.3 Å². The van der Waals surface area contributed by atoms with Crippen molar-refractivity contribution in [3.63, 3.8) is 0 Å². The number of aryl methyl sites for hydroxylation is 1. The highest BCUT2D eigenvalue weighted by molar-refractivity contribution is 7.16. The summed E-state index contributed by atoms with van der Waals surface area (Å²) in [5.74, 6) is -1.73. The SMILES string of the molecule is CCOC(=O)c1cc(CC)sc1NC(=O)COC(=O)c1cnc2c(cnn2C(C)C)c1. The van der Waals surface area contributed by atoms with Crippen LogP contribution < -0.4 is 5.32 Å². The first-order chi connectivity index (χ1) is 14.8. The van der Waals surface area contributed by atoms with Crippen molar-refractivity contribution in [1.29, 1.82) is 0 Å². The summed E-state index contributed by atoms with van der Waals surface area (Å²) in [5, 5.41) is 7.97. The smallest absolute Gasteiger partial charge is 0.341 e. The average Bonchev–Trinajstić information content (AvgIpc) is 3.35. The Morgan fingerprint density at radius 3 is 2.58 bits per heavy atom. The summed E-state index contributed by atoms with van der Waals surface area (Å²) in [6.45, 7) is 7.37. The number of hydrogen-bond donors (Lipinski definition) is 1. The number of carbonyl (C=O) groups is 3. The van der Waals surface area contributed by atoms with Crippen LogP contribution in [0.4, 0.5) is 5.00 Å². The van der Waals surface area contributed by atoms with Gasteiger partial charge in [0, 0.05) is 22.5 Å². The number of fused-ring (bicyclic) bond motifs is 1. The number of thiophene rings is 1. The maximum absolute atomic E-state index is 12.4. The quantitative estimate of drug-likeness (QED) is 0.528. The van der Waals surface area contributed by atoms with Crippen LogP contribution in [-0.4, -0.2) is 45.8 Å². The zero-order valence-corrected chi connectivity index (χ0v) is 18.6. The number of hydrogen-bond acceptors (Lipinski definition) is 8. The summed E-state index contributed by atoms with van der Waals surface area (Å²) < 4.78 is 11.9. The van der Waals surface area contributed by atoms with E-state index in [-0.39, 0.29) is 18.2 Å². The van der Waals surface area contributed by atoms with E-state index in [0.29, 0.717) is 28.0 Å². The van der Waals surface area contributed by atoms with Crippen molar-refractivity contribution in [3.05, 3.63) is 40.5 Å². The highest BCUT2D eigenvalue weighted by Gasteiger charge is 2.20. The fourth-order valence-electron chi connectivity index (χ4n) is 2.88. The molecule has 0 radical (unpaired) electrons. The summed E-state index contributed by atoms with van der Waals surface area (Å²) in [6, 6.07) is 3.46. The van der Waals surface area contributed by atoms with Crippen LogP contribution in [0.5, 0.6) is 0 Å². The van der Waals surface area contributed by atoms with Crippen molar-refractivity contribution < 1.29 is 23.9 Å². The molecular formula is C21H24N4O5S. The van der Waals surface area contributed by atoms with Gasteiger partial charge in [-0.25, -0.2) is 19.3 Å². The number of esters is 2. The molecule has 0 saturated heterocycles. The van der Waals surface area contributed by atoms with Gasteiger partial charge in [-0.3, -0.25) is 4.79 Å². The number of carbonyl (C=O) groups excluding carboxylic acids is 3.